The standard InChI is InChI=1S/C10H19NO2S/c1-8(2)5-9(12)11-6-10(13)3-4-14-7-10/h8,13H,3-7H2,1-2H3,(H,11,12). The summed E-state index contributed by atoms with van der Waals surface area (Å²) in [4.78, 5) is 11.3. The number of rotatable bonds is 4. The first kappa shape index (κ1) is 11.9. The Labute approximate surface area is 89.6 Å². The molecule has 0 radical (unpaired) electrons. The van der Waals surface area contributed by atoms with Gasteiger partial charge in [0, 0.05) is 18.7 Å². The van der Waals surface area contributed by atoms with E-state index in [1.807, 2.05) is 13.8 Å². The first-order valence-corrected chi connectivity index (χ1v) is 6.24. The number of nitrogens with one attached hydrogen (secondary N) is 1. The van der Waals surface area contributed by atoms with Crippen LogP contribution in [0.25, 0.3) is 0 Å². The van der Waals surface area contributed by atoms with Gasteiger partial charge in [0.15, 0.2) is 0 Å². The van der Waals surface area contributed by atoms with Crippen LogP contribution >= 0.6 is 11.8 Å². The maximum absolute atomic E-state index is 11.3. The summed E-state index contributed by atoms with van der Waals surface area (Å²) in [5.41, 5.74) is -0.655. The van der Waals surface area contributed by atoms with Crippen molar-refractivity contribution in [1.82, 2.24) is 5.32 Å². The van der Waals surface area contributed by atoms with Crippen LogP contribution in [-0.2, 0) is 4.79 Å². The predicted molar refractivity (Wildman–Crippen MR) is 59.4 cm³/mol. The Bertz CT molecular complexity index is 200. The summed E-state index contributed by atoms with van der Waals surface area (Å²) in [6, 6.07) is 0. The van der Waals surface area contributed by atoms with E-state index in [4.69, 9.17) is 0 Å². The molecule has 1 aliphatic heterocycles. The van der Waals surface area contributed by atoms with E-state index >= 15 is 0 Å². The van der Waals surface area contributed by atoms with Gasteiger partial charge in [-0.25, -0.2) is 0 Å². The van der Waals surface area contributed by atoms with E-state index in [2.05, 4.69) is 5.32 Å². The van der Waals surface area contributed by atoms with E-state index in [9.17, 15) is 9.90 Å². The first-order chi connectivity index (χ1) is 6.52. The highest BCUT2D eigenvalue weighted by molar-refractivity contribution is 7.99. The molecule has 1 amide bonds. The van der Waals surface area contributed by atoms with E-state index < -0.39 is 5.60 Å². The molecule has 0 aliphatic carbocycles. The highest BCUT2D eigenvalue weighted by Gasteiger charge is 2.31. The van der Waals surface area contributed by atoms with Gasteiger partial charge in [-0.15, -0.1) is 0 Å². The Hall–Kier alpha value is -0.220. The molecule has 0 aromatic carbocycles. The van der Waals surface area contributed by atoms with Gasteiger partial charge < -0.3 is 10.4 Å². The fourth-order valence-electron chi connectivity index (χ4n) is 1.44. The van der Waals surface area contributed by atoms with Gasteiger partial charge in [-0.2, -0.15) is 11.8 Å². The molecule has 4 heteroatoms. The Morgan fingerprint density at radius 2 is 2.36 bits per heavy atom. The molecule has 0 aromatic rings. The molecule has 1 fully saturated rings. The van der Waals surface area contributed by atoms with Crippen LogP contribution in [0.15, 0.2) is 0 Å². The first-order valence-electron chi connectivity index (χ1n) is 5.09. The molecule has 1 rings (SSSR count). The van der Waals surface area contributed by atoms with Crippen molar-refractivity contribution >= 4 is 17.7 Å². The van der Waals surface area contributed by atoms with E-state index in [1.165, 1.54) is 0 Å². The largest absolute Gasteiger partial charge is 0.387 e. The predicted octanol–water partition coefficient (Wildman–Crippen LogP) is 1.02. The molecule has 82 valence electrons. The molecule has 0 aromatic heterocycles. The molecule has 1 saturated heterocycles. The normalized spacial score (nSPS) is 26.9. The second-order valence-corrected chi connectivity index (χ2v) is 5.51. The van der Waals surface area contributed by atoms with Crippen LogP contribution in [0.3, 0.4) is 0 Å². The van der Waals surface area contributed by atoms with Crippen LogP contribution in [0.4, 0.5) is 0 Å². The second kappa shape index (κ2) is 5.03. The summed E-state index contributed by atoms with van der Waals surface area (Å²) in [6.07, 6.45) is 1.34. The van der Waals surface area contributed by atoms with Crippen LogP contribution in [0.1, 0.15) is 26.7 Å². The summed E-state index contributed by atoms with van der Waals surface area (Å²) in [7, 11) is 0. The fourth-order valence-corrected chi connectivity index (χ4v) is 2.74. The average molecular weight is 217 g/mol. The van der Waals surface area contributed by atoms with Gasteiger partial charge in [0.1, 0.15) is 0 Å². The van der Waals surface area contributed by atoms with E-state index in [-0.39, 0.29) is 5.91 Å². The third kappa shape index (κ3) is 3.88. The molecule has 3 nitrogen and oxygen atoms in total. The summed E-state index contributed by atoms with van der Waals surface area (Å²) in [5.74, 6) is 2.17. The Morgan fingerprint density at radius 3 is 2.86 bits per heavy atom. The zero-order chi connectivity index (χ0) is 10.6. The maximum atomic E-state index is 11.3. The molecule has 2 N–H and O–H groups in total. The number of amides is 1. The van der Waals surface area contributed by atoms with E-state index in [1.54, 1.807) is 11.8 Å². The lowest BCUT2D eigenvalue weighted by Crippen LogP contribution is -2.43. The number of hydrogen-bond acceptors (Lipinski definition) is 3. The smallest absolute Gasteiger partial charge is 0.220 e. The minimum Gasteiger partial charge on any atom is -0.387 e. The minimum atomic E-state index is -0.655. The molecular formula is C10H19NO2S. The van der Waals surface area contributed by atoms with Gasteiger partial charge >= 0.3 is 0 Å². The van der Waals surface area contributed by atoms with Gasteiger partial charge in [-0.05, 0) is 18.1 Å². The topological polar surface area (TPSA) is 49.3 Å². The molecular weight excluding hydrogens is 198 g/mol. The van der Waals surface area contributed by atoms with Crippen molar-refractivity contribution in [3.8, 4) is 0 Å². The maximum Gasteiger partial charge on any atom is 0.220 e. The van der Waals surface area contributed by atoms with E-state index in [0.29, 0.717) is 18.9 Å². The van der Waals surface area contributed by atoms with Crippen LogP contribution in [0, 0.1) is 5.92 Å². The third-order valence-electron chi connectivity index (χ3n) is 2.29. The number of carbonyl (C=O) groups is 1. The van der Waals surface area contributed by atoms with Crippen molar-refractivity contribution in [2.45, 2.75) is 32.3 Å². The van der Waals surface area contributed by atoms with Crippen molar-refractivity contribution in [1.29, 1.82) is 0 Å². The SMILES string of the molecule is CC(C)CC(=O)NCC1(O)CCSC1. The zero-order valence-corrected chi connectivity index (χ0v) is 9.69. The number of carbonyl (C=O) groups excluding carboxylic acids is 1. The van der Waals surface area contributed by atoms with Crippen molar-refractivity contribution in [2.24, 2.45) is 5.92 Å². The van der Waals surface area contributed by atoms with Crippen LogP contribution in [-0.4, -0.2) is 34.7 Å². The molecule has 1 atom stereocenters. The Balaban J connectivity index is 2.22. The lowest BCUT2D eigenvalue weighted by Gasteiger charge is -2.21. The van der Waals surface area contributed by atoms with Gasteiger partial charge in [0.2, 0.25) is 5.91 Å². The quantitative estimate of drug-likeness (QED) is 0.739. The van der Waals surface area contributed by atoms with Gasteiger partial charge in [0.05, 0.1) is 5.60 Å². The van der Waals surface area contributed by atoms with Gasteiger partial charge in [-0.3, -0.25) is 4.79 Å². The molecule has 1 aliphatic rings. The number of aliphatic hydroxyl groups is 1. The van der Waals surface area contributed by atoms with Crippen LogP contribution in [0.5, 0.6) is 0 Å². The summed E-state index contributed by atoms with van der Waals surface area (Å²) in [5, 5.41) is 12.7. The van der Waals surface area contributed by atoms with Crippen molar-refractivity contribution in [3.05, 3.63) is 0 Å². The van der Waals surface area contributed by atoms with Crippen molar-refractivity contribution in [2.75, 3.05) is 18.1 Å². The third-order valence-corrected chi connectivity index (χ3v) is 3.53. The molecule has 0 spiro atoms. The average Bonchev–Trinajstić information content (AvgIpc) is 2.49. The fraction of sp³-hybridized carbons (Fsp3) is 0.900. The van der Waals surface area contributed by atoms with Gasteiger partial charge in [0.25, 0.3) is 0 Å². The minimum absolute atomic E-state index is 0.0466. The van der Waals surface area contributed by atoms with Gasteiger partial charge in [-0.1, -0.05) is 13.8 Å². The summed E-state index contributed by atoms with van der Waals surface area (Å²) in [6.45, 7) is 4.44. The molecule has 1 heterocycles. The monoisotopic (exact) mass is 217 g/mol. The summed E-state index contributed by atoms with van der Waals surface area (Å²) >= 11 is 1.75. The van der Waals surface area contributed by atoms with Crippen LogP contribution in [0.2, 0.25) is 0 Å². The van der Waals surface area contributed by atoms with Crippen LogP contribution < -0.4 is 5.32 Å². The number of hydrogen-bond donors (Lipinski definition) is 2. The van der Waals surface area contributed by atoms with Crippen molar-refractivity contribution < 1.29 is 9.90 Å². The highest BCUT2D eigenvalue weighted by atomic mass is 32.2. The number of thioether (sulfide) groups is 1. The lowest BCUT2D eigenvalue weighted by molar-refractivity contribution is -0.122. The lowest BCUT2D eigenvalue weighted by atomic mass is 10.0. The van der Waals surface area contributed by atoms with Crippen molar-refractivity contribution in [3.63, 3.8) is 0 Å². The Kier molecular flexibility index (Phi) is 4.26. The Morgan fingerprint density at radius 1 is 1.64 bits per heavy atom. The van der Waals surface area contributed by atoms with E-state index in [0.717, 1.165) is 17.9 Å². The molecule has 0 saturated carbocycles. The zero-order valence-electron chi connectivity index (χ0n) is 8.88. The second-order valence-electron chi connectivity index (χ2n) is 4.40. The molecule has 0 bridgehead atoms. The highest BCUT2D eigenvalue weighted by Crippen LogP contribution is 2.26. The molecule has 14 heavy (non-hydrogen) atoms. The molecule has 1 unspecified atom stereocenters. The summed E-state index contributed by atoms with van der Waals surface area (Å²) < 4.78 is 0.